The van der Waals surface area contributed by atoms with Crippen molar-refractivity contribution in [3.63, 3.8) is 0 Å². The predicted octanol–water partition coefficient (Wildman–Crippen LogP) is 2.73. The Morgan fingerprint density at radius 3 is 2.71 bits per heavy atom. The number of anilines is 1. The molecule has 3 nitrogen and oxygen atoms in total. The van der Waals surface area contributed by atoms with Gasteiger partial charge in [-0.2, -0.15) is 5.26 Å². The summed E-state index contributed by atoms with van der Waals surface area (Å²) in [5.41, 5.74) is 2.91. The zero-order valence-corrected chi connectivity index (χ0v) is 10.9. The van der Waals surface area contributed by atoms with Gasteiger partial charge in [-0.05, 0) is 38.5 Å². The Morgan fingerprint density at radius 1 is 1.35 bits per heavy atom. The van der Waals surface area contributed by atoms with Gasteiger partial charge in [0.15, 0.2) is 0 Å². The van der Waals surface area contributed by atoms with Crippen molar-refractivity contribution < 1.29 is 4.74 Å². The van der Waals surface area contributed by atoms with Crippen LogP contribution in [0.15, 0.2) is 18.2 Å². The third kappa shape index (κ3) is 3.76. The van der Waals surface area contributed by atoms with E-state index in [-0.39, 0.29) is 0 Å². The Kier molecular flexibility index (Phi) is 5.51. The zero-order chi connectivity index (χ0) is 12.7. The number of ether oxygens (including phenoxy) is 1. The summed E-state index contributed by atoms with van der Waals surface area (Å²) in [4.78, 5) is 2.18. The molecule has 17 heavy (non-hydrogen) atoms. The summed E-state index contributed by atoms with van der Waals surface area (Å²) in [7, 11) is 0. The molecule has 0 aromatic heterocycles. The van der Waals surface area contributed by atoms with E-state index in [9.17, 15) is 0 Å². The summed E-state index contributed by atoms with van der Waals surface area (Å²) in [5.74, 6) is 0. The van der Waals surface area contributed by atoms with Crippen LogP contribution in [0.1, 0.15) is 25.0 Å². The highest BCUT2D eigenvalue weighted by atomic mass is 16.5. The first kappa shape index (κ1) is 13.5. The molecule has 3 heteroatoms. The summed E-state index contributed by atoms with van der Waals surface area (Å²) in [6.45, 7) is 9.26. The zero-order valence-electron chi connectivity index (χ0n) is 10.9. The molecule has 0 fully saturated rings. The van der Waals surface area contributed by atoms with Crippen molar-refractivity contribution in [2.24, 2.45) is 0 Å². The number of aryl methyl sites for hydroxylation is 1. The minimum atomic E-state index is 0.698. The van der Waals surface area contributed by atoms with E-state index >= 15 is 0 Å². The summed E-state index contributed by atoms with van der Waals surface area (Å²) < 4.78 is 5.37. The minimum Gasteiger partial charge on any atom is -0.380 e. The SMILES string of the molecule is CCOCCN(CC)c1cc(C)ccc1C#N. The molecule has 0 unspecified atom stereocenters. The average Bonchev–Trinajstić information content (AvgIpc) is 2.35. The predicted molar refractivity (Wildman–Crippen MR) is 70.3 cm³/mol. The third-order valence-corrected chi connectivity index (χ3v) is 2.71. The fourth-order valence-corrected chi connectivity index (χ4v) is 1.77. The van der Waals surface area contributed by atoms with Gasteiger partial charge in [-0.15, -0.1) is 0 Å². The number of nitriles is 1. The van der Waals surface area contributed by atoms with Crippen LogP contribution in [0.4, 0.5) is 5.69 Å². The molecule has 0 heterocycles. The smallest absolute Gasteiger partial charge is 0.101 e. The molecule has 0 radical (unpaired) electrons. The number of hydrogen-bond acceptors (Lipinski definition) is 3. The molecule has 1 aromatic rings. The van der Waals surface area contributed by atoms with Gasteiger partial charge in [-0.3, -0.25) is 0 Å². The molecule has 0 saturated heterocycles. The van der Waals surface area contributed by atoms with Crippen molar-refractivity contribution in [3.05, 3.63) is 29.3 Å². The number of benzene rings is 1. The van der Waals surface area contributed by atoms with E-state index in [0.717, 1.165) is 30.9 Å². The molecule has 0 atom stereocenters. The normalized spacial score (nSPS) is 10.0. The molecular weight excluding hydrogens is 212 g/mol. The van der Waals surface area contributed by atoms with Crippen molar-refractivity contribution in [3.8, 4) is 6.07 Å². The number of likely N-dealkylation sites (N-methyl/N-ethyl adjacent to an activating group) is 1. The Labute approximate surface area is 104 Å². The quantitative estimate of drug-likeness (QED) is 0.708. The maximum atomic E-state index is 9.12. The van der Waals surface area contributed by atoms with Gasteiger partial charge in [-0.1, -0.05) is 6.07 Å². The summed E-state index contributed by atoms with van der Waals surface area (Å²) in [6.07, 6.45) is 0. The van der Waals surface area contributed by atoms with Crippen LogP contribution in [-0.4, -0.2) is 26.3 Å². The first-order valence-electron chi connectivity index (χ1n) is 6.06. The van der Waals surface area contributed by atoms with Crippen molar-refractivity contribution >= 4 is 5.69 Å². The molecule has 0 aliphatic rings. The highest BCUT2D eigenvalue weighted by Gasteiger charge is 2.09. The van der Waals surface area contributed by atoms with Gasteiger partial charge in [0.25, 0.3) is 0 Å². The first-order chi connectivity index (χ1) is 8.22. The fraction of sp³-hybridized carbons (Fsp3) is 0.500. The Morgan fingerprint density at radius 2 is 2.12 bits per heavy atom. The van der Waals surface area contributed by atoms with E-state index in [2.05, 4.69) is 24.0 Å². The molecule has 0 N–H and O–H groups in total. The maximum Gasteiger partial charge on any atom is 0.101 e. The van der Waals surface area contributed by atoms with E-state index in [4.69, 9.17) is 10.00 Å². The minimum absolute atomic E-state index is 0.698. The molecule has 0 amide bonds. The first-order valence-corrected chi connectivity index (χ1v) is 6.06. The van der Waals surface area contributed by atoms with Crippen LogP contribution < -0.4 is 4.90 Å². The van der Waals surface area contributed by atoms with Crippen LogP contribution in [-0.2, 0) is 4.74 Å². The number of nitrogens with zero attached hydrogens (tertiary/aromatic N) is 2. The van der Waals surface area contributed by atoms with Gasteiger partial charge in [0, 0.05) is 19.7 Å². The van der Waals surface area contributed by atoms with Crippen molar-refractivity contribution in [1.29, 1.82) is 5.26 Å². The summed E-state index contributed by atoms with van der Waals surface area (Å²) in [6, 6.07) is 8.16. The molecule has 92 valence electrons. The monoisotopic (exact) mass is 232 g/mol. The molecule has 1 aromatic carbocycles. The van der Waals surface area contributed by atoms with Crippen LogP contribution in [0.25, 0.3) is 0 Å². The third-order valence-electron chi connectivity index (χ3n) is 2.71. The van der Waals surface area contributed by atoms with Gasteiger partial charge in [0.1, 0.15) is 6.07 Å². The van der Waals surface area contributed by atoms with Crippen molar-refractivity contribution in [1.82, 2.24) is 0 Å². The molecule has 0 aliphatic heterocycles. The van der Waals surface area contributed by atoms with Crippen LogP contribution >= 0.6 is 0 Å². The Hall–Kier alpha value is -1.53. The lowest BCUT2D eigenvalue weighted by Gasteiger charge is -2.24. The molecule has 0 spiro atoms. The lowest BCUT2D eigenvalue weighted by atomic mass is 10.1. The van der Waals surface area contributed by atoms with Gasteiger partial charge in [-0.25, -0.2) is 0 Å². The van der Waals surface area contributed by atoms with Crippen molar-refractivity contribution in [2.75, 3.05) is 31.2 Å². The van der Waals surface area contributed by atoms with Crippen LogP contribution in [0, 0.1) is 18.3 Å². The van der Waals surface area contributed by atoms with E-state index in [1.54, 1.807) is 0 Å². The molecule has 0 aliphatic carbocycles. The summed E-state index contributed by atoms with van der Waals surface area (Å²) >= 11 is 0. The molecule has 1 rings (SSSR count). The van der Waals surface area contributed by atoms with Gasteiger partial charge >= 0.3 is 0 Å². The Balaban J connectivity index is 2.86. The second-order valence-corrected chi connectivity index (χ2v) is 3.91. The van der Waals surface area contributed by atoms with E-state index in [0.29, 0.717) is 6.61 Å². The number of hydrogen-bond donors (Lipinski definition) is 0. The Bertz CT molecular complexity index is 396. The summed E-state index contributed by atoms with van der Waals surface area (Å²) in [5, 5.41) is 9.12. The van der Waals surface area contributed by atoms with E-state index in [1.807, 2.05) is 26.0 Å². The van der Waals surface area contributed by atoms with Crippen LogP contribution in [0.5, 0.6) is 0 Å². The van der Waals surface area contributed by atoms with Gasteiger partial charge in [0.2, 0.25) is 0 Å². The molecule has 0 saturated carbocycles. The molecular formula is C14H20N2O. The topological polar surface area (TPSA) is 36.3 Å². The maximum absolute atomic E-state index is 9.12. The van der Waals surface area contributed by atoms with E-state index in [1.165, 1.54) is 5.56 Å². The van der Waals surface area contributed by atoms with Crippen molar-refractivity contribution in [2.45, 2.75) is 20.8 Å². The fourth-order valence-electron chi connectivity index (χ4n) is 1.77. The van der Waals surface area contributed by atoms with Gasteiger partial charge < -0.3 is 9.64 Å². The van der Waals surface area contributed by atoms with Gasteiger partial charge in [0.05, 0.1) is 17.9 Å². The van der Waals surface area contributed by atoms with Crippen LogP contribution in [0.3, 0.4) is 0 Å². The lowest BCUT2D eigenvalue weighted by molar-refractivity contribution is 0.154. The average molecular weight is 232 g/mol. The largest absolute Gasteiger partial charge is 0.380 e. The highest BCUT2D eigenvalue weighted by Crippen LogP contribution is 2.21. The van der Waals surface area contributed by atoms with E-state index < -0.39 is 0 Å². The van der Waals surface area contributed by atoms with Crippen LogP contribution in [0.2, 0.25) is 0 Å². The highest BCUT2D eigenvalue weighted by molar-refractivity contribution is 5.60. The second-order valence-electron chi connectivity index (χ2n) is 3.91. The second kappa shape index (κ2) is 6.93. The standard InChI is InChI=1S/C14H20N2O/c1-4-16(8-9-17-5-2)14-10-12(3)6-7-13(14)11-15/h6-7,10H,4-5,8-9H2,1-3H3. The lowest BCUT2D eigenvalue weighted by Crippen LogP contribution is -2.28. The number of rotatable bonds is 6. The molecule has 0 bridgehead atoms.